The zero-order valence-corrected chi connectivity index (χ0v) is 14.7. The van der Waals surface area contributed by atoms with Gasteiger partial charge in [0.05, 0.1) is 7.11 Å². The van der Waals surface area contributed by atoms with Crippen LogP contribution in [0.1, 0.15) is 19.3 Å². The van der Waals surface area contributed by atoms with Crippen LogP contribution in [0.4, 0.5) is 5.82 Å². The second kappa shape index (κ2) is 7.23. The van der Waals surface area contributed by atoms with E-state index in [9.17, 15) is 0 Å². The van der Waals surface area contributed by atoms with E-state index < -0.39 is 0 Å². The van der Waals surface area contributed by atoms with Crippen molar-refractivity contribution in [1.29, 1.82) is 0 Å². The summed E-state index contributed by atoms with van der Waals surface area (Å²) in [5, 5.41) is 0. The van der Waals surface area contributed by atoms with Gasteiger partial charge in [-0.3, -0.25) is 0 Å². The van der Waals surface area contributed by atoms with Crippen molar-refractivity contribution >= 4 is 5.82 Å². The number of ether oxygens (including phenoxy) is 1. The minimum Gasteiger partial charge on any atom is -0.481 e. The van der Waals surface area contributed by atoms with Gasteiger partial charge in [0.15, 0.2) is 0 Å². The van der Waals surface area contributed by atoms with Gasteiger partial charge in [-0.15, -0.1) is 0 Å². The van der Waals surface area contributed by atoms with Crippen LogP contribution in [-0.4, -0.2) is 79.2 Å². The van der Waals surface area contributed by atoms with Crippen LogP contribution in [0.5, 0.6) is 5.88 Å². The third-order valence-electron chi connectivity index (χ3n) is 5.98. The predicted molar refractivity (Wildman–Crippen MR) is 94.5 cm³/mol. The highest BCUT2D eigenvalue weighted by Crippen LogP contribution is 2.33. The van der Waals surface area contributed by atoms with Gasteiger partial charge in [0.25, 0.3) is 0 Å². The lowest BCUT2D eigenvalue weighted by molar-refractivity contribution is 0.135. The normalized spacial score (nSPS) is 28.3. The molecule has 4 heterocycles. The number of piperidine rings is 1. The summed E-state index contributed by atoms with van der Waals surface area (Å²) < 4.78 is 5.24. The number of rotatable bonds is 5. The summed E-state index contributed by atoms with van der Waals surface area (Å²) in [7, 11) is 1.66. The van der Waals surface area contributed by atoms with Crippen molar-refractivity contribution in [3.05, 3.63) is 12.4 Å². The van der Waals surface area contributed by atoms with Crippen molar-refractivity contribution in [3.8, 4) is 5.88 Å². The number of hydrogen-bond acceptors (Lipinski definition) is 6. The number of likely N-dealkylation sites (tertiary alicyclic amines) is 2. The maximum atomic E-state index is 5.24. The van der Waals surface area contributed by atoms with Gasteiger partial charge >= 0.3 is 0 Å². The molecule has 6 heteroatoms. The van der Waals surface area contributed by atoms with Crippen LogP contribution in [0.2, 0.25) is 0 Å². The molecule has 0 amide bonds. The molecule has 0 aliphatic carbocycles. The molecular weight excluding hydrogens is 302 g/mol. The lowest BCUT2D eigenvalue weighted by atomic mass is 9.89. The average Bonchev–Trinajstić information content (AvgIpc) is 3.29. The first-order valence-corrected chi connectivity index (χ1v) is 9.37. The monoisotopic (exact) mass is 331 g/mol. The molecule has 2 atom stereocenters. The molecule has 0 unspecified atom stereocenters. The summed E-state index contributed by atoms with van der Waals surface area (Å²) in [6, 6.07) is 1.96. The molecule has 0 spiro atoms. The summed E-state index contributed by atoms with van der Waals surface area (Å²) in [5.41, 5.74) is 0. The Morgan fingerprint density at radius 3 is 2.62 bits per heavy atom. The summed E-state index contributed by atoms with van der Waals surface area (Å²) in [6.45, 7) is 9.87. The molecule has 1 aromatic rings. The molecule has 3 fully saturated rings. The molecule has 3 aliphatic heterocycles. The van der Waals surface area contributed by atoms with Gasteiger partial charge in [-0.05, 0) is 50.7 Å². The largest absolute Gasteiger partial charge is 0.481 e. The average molecular weight is 331 g/mol. The lowest BCUT2D eigenvalue weighted by Crippen LogP contribution is -2.43. The molecule has 3 saturated heterocycles. The Hall–Kier alpha value is -1.40. The van der Waals surface area contributed by atoms with Crippen LogP contribution in [0.3, 0.4) is 0 Å². The molecule has 6 nitrogen and oxygen atoms in total. The Labute approximate surface area is 144 Å². The zero-order chi connectivity index (χ0) is 16.4. The number of fused-ring (bicyclic) bond motifs is 1. The van der Waals surface area contributed by atoms with Crippen molar-refractivity contribution in [2.45, 2.75) is 19.3 Å². The molecule has 0 N–H and O–H groups in total. The van der Waals surface area contributed by atoms with Gasteiger partial charge in [-0.2, -0.15) is 0 Å². The second-order valence-electron chi connectivity index (χ2n) is 7.48. The first-order chi connectivity index (χ1) is 11.8. The quantitative estimate of drug-likeness (QED) is 0.811. The smallest absolute Gasteiger partial charge is 0.218 e. The Kier molecular flexibility index (Phi) is 4.85. The Balaban J connectivity index is 1.31. The number of nitrogens with zero attached hydrogens (tertiary/aromatic N) is 5. The van der Waals surface area contributed by atoms with Gasteiger partial charge in [0, 0.05) is 38.8 Å². The number of hydrogen-bond donors (Lipinski definition) is 0. The standard InChI is InChI=1S/C18H29N5O/c1-24-18-10-17(19-14-20-18)23-12-15-4-7-22(11-16(15)13-23)9-8-21-5-2-3-6-21/h10,14-16H,2-9,11-13H2,1H3/t15-,16+/m1/s1. The summed E-state index contributed by atoms with van der Waals surface area (Å²) >= 11 is 0. The Morgan fingerprint density at radius 1 is 1.00 bits per heavy atom. The number of aromatic nitrogens is 2. The van der Waals surface area contributed by atoms with Crippen LogP contribution in [0.25, 0.3) is 0 Å². The number of anilines is 1. The maximum absolute atomic E-state index is 5.24. The van der Waals surface area contributed by atoms with E-state index in [2.05, 4.69) is 24.7 Å². The van der Waals surface area contributed by atoms with Gasteiger partial charge in [0.1, 0.15) is 12.1 Å². The first kappa shape index (κ1) is 16.1. The van der Waals surface area contributed by atoms with Crippen LogP contribution in [0, 0.1) is 11.8 Å². The van der Waals surface area contributed by atoms with Crippen LogP contribution in [0.15, 0.2) is 12.4 Å². The third-order valence-corrected chi connectivity index (χ3v) is 5.98. The van der Waals surface area contributed by atoms with Crippen molar-refractivity contribution in [1.82, 2.24) is 19.8 Å². The molecule has 0 saturated carbocycles. The van der Waals surface area contributed by atoms with Crippen molar-refractivity contribution in [2.75, 3.05) is 64.4 Å². The van der Waals surface area contributed by atoms with E-state index in [1.165, 1.54) is 58.5 Å². The predicted octanol–water partition coefficient (Wildman–Crippen LogP) is 1.34. The SMILES string of the molecule is COc1cc(N2C[C@H]3CCN(CCN4CCCC4)C[C@H]3C2)ncn1. The minimum atomic E-state index is 0.655. The van der Waals surface area contributed by atoms with Gasteiger partial charge in [-0.1, -0.05) is 0 Å². The molecule has 0 aromatic carbocycles. The molecule has 24 heavy (non-hydrogen) atoms. The van der Waals surface area contributed by atoms with Crippen LogP contribution >= 0.6 is 0 Å². The Bertz CT molecular complexity index is 548. The topological polar surface area (TPSA) is 44.7 Å². The van der Waals surface area contributed by atoms with E-state index in [1.54, 1.807) is 13.4 Å². The first-order valence-electron chi connectivity index (χ1n) is 9.37. The van der Waals surface area contributed by atoms with E-state index in [-0.39, 0.29) is 0 Å². The zero-order valence-electron chi connectivity index (χ0n) is 14.7. The van der Waals surface area contributed by atoms with Gasteiger partial charge in [-0.25, -0.2) is 9.97 Å². The molecule has 0 bridgehead atoms. The van der Waals surface area contributed by atoms with Crippen LogP contribution < -0.4 is 9.64 Å². The fraction of sp³-hybridized carbons (Fsp3) is 0.778. The molecule has 1 aromatic heterocycles. The Morgan fingerprint density at radius 2 is 1.79 bits per heavy atom. The molecule has 4 rings (SSSR count). The highest BCUT2D eigenvalue weighted by Gasteiger charge is 2.37. The molecular formula is C18H29N5O. The number of methoxy groups -OCH3 is 1. The minimum absolute atomic E-state index is 0.655. The van der Waals surface area contributed by atoms with Crippen molar-refractivity contribution in [3.63, 3.8) is 0 Å². The van der Waals surface area contributed by atoms with E-state index in [0.717, 1.165) is 30.7 Å². The summed E-state index contributed by atoms with van der Waals surface area (Å²) in [5.74, 6) is 3.26. The van der Waals surface area contributed by atoms with Crippen molar-refractivity contribution in [2.24, 2.45) is 11.8 Å². The van der Waals surface area contributed by atoms with E-state index in [0.29, 0.717) is 5.88 Å². The fourth-order valence-electron chi connectivity index (χ4n) is 4.54. The second-order valence-corrected chi connectivity index (χ2v) is 7.48. The highest BCUT2D eigenvalue weighted by atomic mass is 16.5. The van der Waals surface area contributed by atoms with Gasteiger partial charge in [0.2, 0.25) is 5.88 Å². The third kappa shape index (κ3) is 3.49. The molecule has 3 aliphatic rings. The summed E-state index contributed by atoms with van der Waals surface area (Å²) in [4.78, 5) is 16.3. The van der Waals surface area contributed by atoms with Crippen molar-refractivity contribution < 1.29 is 4.74 Å². The summed E-state index contributed by atoms with van der Waals surface area (Å²) in [6.07, 6.45) is 5.71. The molecule has 132 valence electrons. The van der Waals surface area contributed by atoms with E-state index >= 15 is 0 Å². The van der Waals surface area contributed by atoms with Gasteiger partial charge < -0.3 is 19.4 Å². The lowest BCUT2D eigenvalue weighted by Gasteiger charge is -2.35. The highest BCUT2D eigenvalue weighted by molar-refractivity contribution is 5.42. The fourth-order valence-corrected chi connectivity index (χ4v) is 4.54. The molecule has 0 radical (unpaired) electrons. The van der Waals surface area contributed by atoms with E-state index in [1.807, 2.05) is 6.07 Å². The van der Waals surface area contributed by atoms with Crippen LogP contribution in [-0.2, 0) is 0 Å². The maximum Gasteiger partial charge on any atom is 0.218 e. The van der Waals surface area contributed by atoms with E-state index in [4.69, 9.17) is 4.74 Å².